The molecule has 0 aliphatic carbocycles. The van der Waals surface area contributed by atoms with Crippen LogP contribution >= 0.6 is 0 Å². The van der Waals surface area contributed by atoms with Crippen LogP contribution in [0.25, 0.3) is 24.3 Å². The molecule has 0 saturated heterocycles. The van der Waals surface area contributed by atoms with E-state index in [4.69, 9.17) is 14.2 Å². The Morgan fingerprint density at radius 1 is 0.541 bits per heavy atom. The van der Waals surface area contributed by atoms with Crippen LogP contribution in [0.3, 0.4) is 0 Å². The number of ether oxygens (including phenoxy) is 3. The maximum atomic E-state index is 5.83. The standard InChI is InChI=1S/C32H40N2O3/c1-4-7-22-35-30-18-12-26(13-19-30)10-16-28-25-29(34-32(33-28)37-24-9-6-3)17-11-27-14-20-31(21-15-27)36-23-8-5-2/h10-21,25H,4-9,22-24H2,1-3H3. The highest BCUT2D eigenvalue weighted by atomic mass is 16.5. The van der Waals surface area contributed by atoms with Crippen molar-refractivity contribution in [1.82, 2.24) is 9.97 Å². The molecule has 3 rings (SSSR count). The monoisotopic (exact) mass is 500 g/mol. The van der Waals surface area contributed by atoms with Crippen LogP contribution in [0.1, 0.15) is 81.8 Å². The first-order valence-corrected chi connectivity index (χ1v) is 13.5. The molecule has 0 aliphatic heterocycles. The van der Waals surface area contributed by atoms with E-state index in [1.807, 2.05) is 78.9 Å². The lowest BCUT2D eigenvalue weighted by molar-refractivity contribution is 0.285. The molecule has 1 heterocycles. The quantitative estimate of drug-likeness (QED) is 0.185. The predicted octanol–water partition coefficient (Wildman–Crippen LogP) is 8.35. The van der Waals surface area contributed by atoms with Gasteiger partial charge in [-0.1, -0.05) is 76.5 Å². The molecule has 0 atom stereocenters. The first-order valence-electron chi connectivity index (χ1n) is 13.5. The minimum absolute atomic E-state index is 0.398. The summed E-state index contributed by atoms with van der Waals surface area (Å²) in [7, 11) is 0. The van der Waals surface area contributed by atoms with E-state index in [0.717, 1.165) is 85.8 Å². The van der Waals surface area contributed by atoms with Gasteiger partial charge in [-0.05, 0) is 72.9 Å². The highest BCUT2D eigenvalue weighted by Gasteiger charge is 2.04. The van der Waals surface area contributed by atoms with Crippen LogP contribution in [0.2, 0.25) is 0 Å². The molecule has 0 fully saturated rings. The molecule has 0 radical (unpaired) electrons. The predicted molar refractivity (Wildman–Crippen MR) is 154 cm³/mol. The fraction of sp³-hybridized carbons (Fsp3) is 0.375. The lowest BCUT2D eigenvalue weighted by atomic mass is 10.1. The zero-order valence-electron chi connectivity index (χ0n) is 22.5. The molecule has 0 spiro atoms. The van der Waals surface area contributed by atoms with Gasteiger partial charge in [-0.2, -0.15) is 9.97 Å². The third-order valence-electron chi connectivity index (χ3n) is 5.66. The number of unbranched alkanes of at least 4 members (excludes halogenated alkanes) is 3. The fourth-order valence-electron chi connectivity index (χ4n) is 3.39. The van der Waals surface area contributed by atoms with Crippen molar-refractivity contribution in [2.75, 3.05) is 19.8 Å². The third-order valence-corrected chi connectivity index (χ3v) is 5.66. The van der Waals surface area contributed by atoms with Crippen molar-refractivity contribution in [3.05, 3.63) is 77.1 Å². The normalized spacial score (nSPS) is 11.3. The number of rotatable bonds is 16. The molecule has 37 heavy (non-hydrogen) atoms. The minimum atomic E-state index is 0.398. The molecule has 0 amide bonds. The van der Waals surface area contributed by atoms with E-state index in [1.54, 1.807) is 0 Å². The van der Waals surface area contributed by atoms with Crippen LogP contribution in [0, 0.1) is 0 Å². The summed E-state index contributed by atoms with van der Waals surface area (Å²) in [5.41, 5.74) is 3.75. The third kappa shape index (κ3) is 10.5. The van der Waals surface area contributed by atoms with Gasteiger partial charge in [-0.3, -0.25) is 0 Å². The summed E-state index contributed by atoms with van der Waals surface area (Å²) in [6, 6.07) is 18.6. The summed E-state index contributed by atoms with van der Waals surface area (Å²) in [4.78, 5) is 9.19. The smallest absolute Gasteiger partial charge is 0.317 e. The van der Waals surface area contributed by atoms with Crippen molar-refractivity contribution in [2.24, 2.45) is 0 Å². The molecule has 2 aromatic carbocycles. The number of hydrogen-bond donors (Lipinski definition) is 0. The fourth-order valence-corrected chi connectivity index (χ4v) is 3.39. The Labute approximate surface area is 222 Å². The van der Waals surface area contributed by atoms with Gasteiger partial charge in [0.05, 0.1) is 31.2 Å². The number of aromatic nitrogens is 2. The number of nitrogens with zero attached hydrogens (tertiary/aromatic N) is 2. The van der Waals surface area contributed by atoms with Gasteiger partial charge in [0.2, 0.25) is 0 Å². The van der Waals surface area contributed by atoms with Gasteiger partial charge < -0.3 is 14.2 Å². The molecule has 196 valence electrons. The highest BCUT2D eigenvalue weighted by Crippen LogP contribution is 2.18. The Hall–Kier alpha value is -3.60. The summed E-state index contributed by atoms with van der Waals surface area (Å²) < 4.78 is 17.4. The van der Waals surface area contributed by atoms with E-state index in [0.29, 0.717) is 12.6 Å². The highest BCUT2D eigenvalue weighted by molar-refractivity contribution is 5.72. The van der Waals surface area contributed by atoms with E-state index in [1.165, 1.54) is 0 Å². The van der Waals surface area contributed by atoms with Crippen molar-refractivity contribution in [1.29, 1.82) is 0 Å². The largest absolute Gasteiger partial charge is 0.494 e. The zero-order chi connectivity index (χ0) is 26.1. The molecule has 5 heteroatoms. The van der Waals surface area contributed by atoms with Crippen molar-refractivity contribution in [2.45, 2.75) is 59.3 Å². The SMILES string of the molecule is CCCCOc1ccc(C=Cc2cc(C=Cc3ccc(OCCCC)cc3)nc(OCCCC)n2)cc1. The van der Waals surface area contributed by atoms with Crippen molar-refractivity contribution in [3.8, 4) is 17.5 Å². The van der Waals surface area contributed by atoms with Gasteiger partial charge in [0, 0.05) is 0 Å². The van der Waals surface area contributed by atoms with Crippen LogP contribution in [0.5, 0.6) is 17.5 Å². The van der Waals surface area contributed by atoms with E-state index in [-0.39, 0.29) is 0 Å². The van der Waals surface area contributed by atoms with E-state index in [2.05, 4.69) is 30.7 Å². The Bertz CT molecular complexity index is 1020. The Morgan fingerprint density at radius 3 is 1.35 bits per heavy atom. The summed E-state index contributed by atoms with van der Waals surface area (Å²) in [6.45, 7) is 8.56. The van der Waals surface area contributed by atoms with Crippen molar-refractivity contribution in [3.63, 3.8) is 0 Å². The Kier molecular flexibility index (Phi) is 12.3. The van der Waals surface area contributed by atoms with Crippen LogP contribution in [-0.4, -0.2) is 29.8 Å². The molecule has 0 bridgehead atoms. The van der Waals surface area contributed by atoms with Crippen LogP contribution < -0.4 is 14.2 Å². The maximum Gasteiger partial charge on any atom is 0.317 e. The Balaban J connectivity index is 1.71. The topological polar surface area (TPSA) is 53.5 Å². The summed E-state index contributed by atoms with van der Waals surface area (Å²) in [6.07, 6.45) is 14.5. The second-order valence-corrected chi connectivity index (χ2v) is 8.91. The second-order valence-electron chi connectivity index (χ2n) is 8.91. The number of hydrogen-bond acceptors (Lipinski definition) is 5. The van der Waals surface area contributed by atoms with E-state index in [9.17, 15) is 0 Å². The van der Waals surface area contributed by atoms with Gasteiger partial charge >= 0.3 is 6.01 Å². The second kappa shape index (κ2) is 16.2. The van der Waals surface area contributed by atoms with Gasteiger partial charge in [0.25, 0.3) is 0 Å². The van der Waals surface area contributed by atoms with Crippen molar-refractivity contribution < 1.29 is 14.2 Å². The van der Waals surface area contributed by atoms with Gasteiger partial charge in [-0.25, -0.2) is 0 Å². The summed E-state index contributed by atoms with van der Waals surface area (Å²) in [5.74, 6) is 1.79. The average Bonchev–Trinajstić information content (AvgIpc) is 2.93. The molecule has 0 N–H and O–H groups in total. The number of benzene rings is 2. The lowest BCUT2D eigenvalue weighted by Gasteiger charge is -2.06. The summed E-state index contributed by atoms with van der Waals surface area (Å²) in [5, 5.41) is 0. The molecule has 5 nitrogen and oxygen atoms in total. The minimum Gasteiger partial charge on any atom is -0.494 e. The molecule has 1 aromatic heterocycles. The zero-order valence-corrected chi connectivity index (χ0v) is 22.5. The molecule has 0 saturated carbocycles. The van der Waals surface area contributed by atoms with Gasteiger partial charge in [0.1, 0.15) is 11.5 Å². The molecule has 0 unspecified atom stereocenters. The molecular formula is C32H40N2O3. The van der Waals surface area contributed by atoms with Gasteiger partial charge in [0.15, 0.2) is 0 Å². The van der Waals surface area contributed by atoms with Gasteiger partial charge in [-0.15, -0.1) is 0 Å². The lowest BCUT2D eigenvalue weighted by Crippen LogP contribution is -2.02. The van der Waals surface area contributed by atoms with Crippen LogP contribution in [-0.2, 0) is 0 Å². The molecular weight excluding hydrogens is 460 g/mol. The van der Waals surface area contributed by atoms with Crippen LogP contribution in [0.15, 0.2) is 54.6 Å². The maximum absolute atomic E-state index is 5.83. The average molecular weight is 501 g/mol. The van der Waals surface area contributed by atoms with E-state index < -0.39 is 0 Å². The van der Waals surface area contributed by atoms with Crippen LogP contribution in [0.4, 0.5) is 0 Å². The van der Waals surface area contributed by atoms with Crippen molar-refractivity contribution >= 4 is 24.3 Å². The first-order chi connectivity index (χ1) is 18.2. The first kappa shape index (κ1) is 28.0. The molecule has 3 aromatic rings. The molecule has 0 aliphatic rings. The van der Waals surface area contributed by atoms with E-state index >= 15 is 0 Å². The Morgan fingerprint density at radius 2 is 0.946 bits per heavy atom. The summed E-state index contributed by atoms with van der Waals surface area (Å²) >= 11 is 0.